The molecule has 1 N–H and O–H groups in total. The highest BCUT2D eigenvalue weighted by molar-refractivity contribution is 7.89. The third-order valence-electron chi connectivity index (χ3n) is 4.87. The molecular weight excluding hydrogens is 428 g/mol. The molecular formula is C19H20N4O5S2. The average Bonchev–Trinajstić information content (AvgIpc) is 3.49. The molecule has 4 rings (SSSR count). The standard InChI is InChI=1S/C19H20N4O5S2/c1-13(23-19(25)28-18(21-23)16-5-4-12-29-16)17(24)20-14-6-8-15(9-7-14)30(26,27)22-10-2-3-11-22/h4-9,12-13H,2-3,10-11H2,1H3,(H,20,24)/t13-/m1/s1. The van der Waals surface area contributed by atoms with Crippen molar-refractivity contribution in [1.29, 1.82) is 0 Å². The number of carbonyl (C=O) groups excluding carboxylic acids is 1. The van der Waals surface area contributed by atoms with Gasteiger partial charge in [0.05, 0.1) is 9.77 Å². The molecule has 9 nitrogen and oxygen atoms in total. The molecule has 2 aromatic heterocycles. The molecule has 0 radical (unpaired) electrons. The van der Waals surface area contributed by atoms with Crippen molar-refractivity contribution in [2.75, 3.05) is 18.4 Å². The number of thiophene rings is 1. The van der Waals surface area contributed by atoms with Crippen molar-refractivity contribution < 1.29 is 17.6 Å². The lowest BCUT2D eigenvalue weighted by Crippen LogP contribution is -2.30. The fourth-order valence-electron chi connectivity index (χ4n) is 3.18. The molecule has 0 spiro atoms. The van der Waals surface area contributed by atoms with E-state index >= 15 is 0 Å². The summed E-state index contributed by atoms with van der Waals surface area (Å²) in [7, 11) is -3.51. The van der Waals surface area contributed by atoms with E-state index < -0.39 is 27.7 Å². The Labute approximate surface area is 177 Å². The number of amides is 1. The average molecular weight is 449 g/mol. The van der Waals surface area contributed by atoms with E-state index in [1.54, 1.807) is 6.07 Å². The second-order valence-electron chi connectivity index (χ2n) is 6.90. The van der Waals surface area contributed by atoms with Gasteiger partial charge >= 0.3 is 5.76 Å². The van der Waals surface area contributed by atoms with Crippen LogP contribution in [0, 0.1) is 0 Å². The third kappa shape index (κ3) is 3.95. The van der Waals surface area contributed by atoms with Gasteiger partial charge in [-0.15, -0.1) is 16.4 Å². The summed E-state index contributed by atoms with van der Waals surface area (Å²) in [6.45, 7) is 2.58. The van der Waals surface area contributed by atoms with Crippen LogP contribution in [0.5, 0.6) is 0 Å². The lowest BCUT2D eigenvalue weighted by atomic mass is 10.3. The summed E-state index contributed by atoms with van der Waals surface area (Å²) >= 11 is 1.37. The first-order valence-corrected chi connectivity index (χ1v) is 11.7. The number of benzene rings is 1. The molecule has 158 valence electrons. The molecule has 0 aliphatic carbocycles. The molecule has 0 bridgehead atoms. The predicted molar refractivity (Wildman–Crippen MR) is 112 cm³/mol. The number of nitrogens with zero attached hydrogens (tertiary/aromatic N) is 3. The summed E-state index contributed by atoms with van der Waals surface area (Å²) < 4.78 is 32.7. The number of anilines is 1. The van der Waals surface area contributed by atoms with Crippen LogP contribution in [-0.4, -0.2) is 41.5 Å². The summed E-state index contributed by atoms with van der Waals surface area (Å²) in [5.74, 6) is -1.04. The predicted octanol–water partition coefficient (Wildman–Crippen LogP) is 2.55. The Balaban J connectivity index is 1.47. The Morgan fingerprint density at radius 2 is 1.90 bits per heavy atom. The minimum Gasteiger partial charge on any atom is -0.387 e. The minimum atomic E-state index is -3.51. The van der Waals surface area contributed by atoms with Gasteiger partial charge in [-0.3, -0.25) is 4.79 Å². The molecule has 0 unspecified atom stereocenters. The van der Waals surface area contributed by atoms with Crippen LogP contribution in [0.1, 0.15) is 25.8 Å². The van der Waals surface area contributed by atoms with E-state index in [0.717, 1.165) is 17.5 Å². The van der Waals surface area contributed by atoms with Gasteiger partial charge in [0, 0.05) is 18.8 Å². The van der Waals surface area contributed by atoms with E-state index in [-0.39, 0.29) is 10.8 Å². The first kappa shape index (κ1) is 20.5. The molecule has 1 atom stereocenters. The Morgan fingerprint density at radius 1 is 1.20 bits per heavy atom. The highest BCUT2D eigenvalue weighted by Crippen LogP contribution is 2.24. The summed E-state index contributed by atoms with van der Waals surface area (Å²) in [5.41, 5.74) is 0.419. The smallest absolute Gasteiger partial charge is 0.387 e. The fraction of sp³-hybridized carbons (Fsp3) is 0.316. The van der Waals surface area contributed by atoms with Crippen molar-refractivity contribution in [3.8, 4) is 10.8 Å². The zero-order valence-corrected chi connectivity index (χ0v) is 17.8. The zero-order chi connectivity index (χ0) is 21.3. The van der Waals surface area contributed by atoms with Crippen LogP contribution in [0.3, 0.4) is 0 Å². The number of carbonyl (C=O) groups is 1. The first-order valence-electron chi connectivity index (χ1n) is 9.41. The maximum Gasteiger partial charge on any atom is 0.438 e. The summed E-state index contributed by atoms with van der Waals surface area (Å²) in [6.07, 6.45) is 1.72. The van der Waals surface area contributed by atoms with Crippen molar-refractivity contribution in [1.82, 2.24) is 14.1 Å². The highest BCUT2D eigenvalue weighted by Gasteiger charge is 2.27. The monoisotopic (exact) mass is 448 g/mol. The second-order valence-corrected chi connectivity index (χ2v) is 9.78. The van der Waals surface area contributed by atoms with Crippen molar-refractivity contribution >= 4 is 33.0 Å². The Kier molecular flexibility index (Phi) is 5.58. The molecule has 1 amide bonds. The molecule has 1 fully saturated rings. The maximum atomic E-state index is 12.6. The van der Waals surface area contributed by atoms with Crippen molar-refractivity contribution in [2.24, 2.45) is 0 Å². The molecule has 30 heavy (non-hydrogen) atoms. The summed E-state index contributed by atoms with van der Waals surface area (Å²) in [5, 5.41) is 8.61. The van der Waals surface area contributed by atoms with E-state index in [2.05, 4.69) is 10.4 Å². The molecule has 1 aromatic carbocycles. The second kappa shape index (κ2) is 8.17. The highest BCUT2D eigenvalue weighted by atomic mass is 32.2. The normalized spacial score (nSPS) is 15.9. The van der Waals surface area contributed by atoms with Gasteiger partial charge in [-0.25, -0.2) is 13.2 Å². The van der Waals surface area contributed by atoms with Crippen molar-refractivity contribution in [3.63, 3.8) is 0 Å². The van der Waals surface area contributed by atoms with Gasteiger partial charge in [-0.05, 0) is 55.5 Å². The largest absolute Gasteiger partial charge is 0.438 e. The van der Waals surface area contributed by atoms with Crippen LogP contribution < -0.4 is 11.1 Å². The molecule has 1 saturated heterocycles. The van der Waals surface area contributed by atoms with Crippen LogP contribution in [0.2, 0.25) is 0 Å². The van der Waals surface area contributed by atoms with Gasteiger partial charge in [0.25, 0.3) is 5.89 Å². The van der Waals surface area contributed by atoms with Crippen LogP contribution in [0.15, 0.2) is 55.9 Å². The molecule has 1 aliphatic rings. The lowest BCUT2D eigenvalue weighted by molar-refractivity contribution is -0.119. The first-order chi connectivity index (χ1) is 14.4. The van der Waals surface area contributed by atoms with Gasteiger partial charge < -0.3 is 9.73 Å². The number of rotatable bonds is 6. The minimum absolute atomic E-state index is 0.158. The SMILES string of the molecule is C[C@H](C(=O)Nc1ccc(S(=O)(=O)N2CCCC2)cc1)n1nc(-c2cccs2)oc1=O. The summed E-state index contributed by atoms with van der Waals surface area (Å²) in [4.78, 5) is 25.5. The Morgan fingerprint density at radius 3 is 2.53 bits per heavy atom. The Bertz CT molecular complexity index is 1190. The van der Waals surface area contributed by atoms with E-state index in [0.29, 0.717) is 23.7 Å². The molecule has 0 saturated carbocycles. The van der Waals surface area contributed by atoms with Crippen molar-refractivity contribution in [2.45, 2.75) is 30.7 Å². The quantitative estimate of drug-likeness (QED) is 0.620. The molecule has 3 aromatic rings. The number of hydrogen-bond donors (Lipinski definition) is 1. The number of sulfonamides is 1. The zero-order valence-electron chi connectivity index (χ0n) is 16.1. The Hall–Kier alpha value is -2.76. The van der Waals surface area contributed by atoms with Gasteiger partial charge in [0.1, 0.15) is 6.04 Å². The topological polar surface area (TPSA) is 115 Å². The van der Waals surface area contributed by atoms with E-state index in [9.17, 15) is 18.0 Å². The van der Waals surface area contributed by atoms with E-state index in [1.165, 1.54) is 46.8 Å². The van der Waals surface area contributed by atoms with Gasteiger partial charge in [-0.1, -0.05) is 6.07 Å². The number of aromatic nitrogens is 2. The van der Waals surface area contributed by atoms with Gasteiger partial charge in [-0.2, -0.15) is 8.99 Å². The molecule has 11 heteroatoms. The van der Waals surface area contributed by atoms with Gasteiger partial charge in [0.2, 0.25) is 15.9 Å². The van der Waals surface area contributed by atoms with Crippen LogP contribution in [0.4, 0.5) is 5.69 Å². The van der Waals surface area contributed by atoms with Gasteiger partial charge in [0.15, 0.2) is 0 Å². The number of nitrogens with one attached hydrogen (secondary N) is 1. The summed E-state index contributed by atoms with van der Waals surface area (Å²) in [6, 6.07) is 8.64. The van der Waals surface area contributed by atoms with Crippen LogP contribution >= 0.6 is 11.3 Å². The van der Waals surface area contributed by atoms with Crippen LogP contribution in [-0.2, 0) is 14.8 Å². The maximum absolute atomic E-state index is 12.6. The molecule has 3 heterocycles. The number of hydrogen-bond acceptors (Lipinski definition) is 7. The van der Waals surface area contributed by atoms with Crippen LogP contribution in [0.25, 0.3) is 10.8 Å². The van der Waals surface area contributed by atoms with E-state index in [1.807, 2.05) is 11.4 Å². The molecule has 1 aliphatic heterocycles. The van der Waals surface area contributed by atoms with E-state index in [4.69, 9.17) is 4.42 Å². The van der Waals surface area contributed by atoms with Crippen molar-refractivity contribution in [3.05, 3.63) is 52.3 Å². The lowest BCUT2D eigenvalue weighted by Gasteiger charge is -2.16. The third-order valence-corrected chi connectivity index (χ3v) is 7.64. The fourth-order valence-corrected chi connectivity index (χ4v) is 5.34.